The Morgan fingerprint density at radius 1 is 1.05 bits per heavy atom. The standard InChI is InChI=1S/C19H21N/c1-4-16-9-8-12-18(13-16)20-14-19(15(2)3)17-10-6-5-7-11-17/h1,5-13,15,19-20H,14H2,2-3H3. The largest absolute Gasteiger partial charge is 0.384 e. The van der Waals surface area contributed by atoms with Crippen molar-refractivity contribution in [3.05, 3.63) is 65.7 Å². The molecule has 1 N–H and O–H groups in total. The molecule has 2 aromatic carbocycles. The minimum Gasteiger partial charge on any atom is -0.384 e. The SMILES string of the molecule is C#Cc1cccc(NCC(c2ccccc2)C(C)C)c1. The molecule has 0 amide bonds. The van der Waals surface area contributed by atoms with Gasteiger partial charge in [0.1, 0.15) is 0 Å². The molecule has 0 aliphatic heterocycles. The Labute approximate surface area is 122 Å². The van der Waals surface area contributed by atoms with Crippen LogP contribution >= 0.6 is 0 Å². The fourth-order valence-corrected chi connectivity index (χ4v) is 2.39. The van der Waals surface area contributed by atoms with Crippen LogP contribution in [0, 0.1) is 18.3 Å². The summed E-state index contributed by atoms with van der Waals surface area (Å²) >= 11 is 0. The molecule has 0 saturated carbocycles. The zero-order valence-electron chi connectivity index (χ0n) is 12.1. The molecule has 1 nitrogen and oxygen atoms in total. The Balaban J connectivity index is 2.08. The zero-order valence-corrected chi connectivity index (χ0v) is 12.1. The van der Waals surface area contributed by atoms with Gasteiger partial charge in [0.2, 0.25) is 0 Å². The molecule has 2 aromatic rings. The van der Waals surface area contributed by atoms with Gasteiger partial charge >= 0.3 is 0 Å². The van der Waals surface area contributed by atoms with Crippen LogP contribution in [-0.2, 0) is 0 Å². The molecule has 0 aromatic heterocycles. The second kappa shape index (κ2) is 6.82. The second-order valence-electron chi connectivity index (χ2n) is 5.37. The topological polar surface area (TPSA) is 12.0 Å². The van der Waals surface area contributed by atoms with Gasteiger partial charge in [-0.2, -0.15) is 0 Å². The maximum atomic E-state index is 5.44. The van der Waals surface area contributed by atoms with Crippen LogP contribution in [-0.4, -0.2) is 6.54 Å². The van der Waals surface area contributed by atoms with Gasteiger partial charge in [-0.05, 0) is 29.7 Å². The molecular formula is C19H21N. The van der Waals surface area contributed by atoms with Gasteiger partial charge in [0.25, 0.3) is 0 Å². The van der Waals surface area contributed by atoms with E-state index in [0.29, 0.717) is 11.8 Å². The Kier molecular flexibility index (Phi) is 4.85. The lowest BCUT2D eigenvalue weighted by Crippen LogP contribution is -2.17. The monoisotopic (exact) mass is 263 g/mol. The number of benzene rings is 2. The van der Waals surface area contributed by atoms with Gasteiger partial charge in [-0.15, -0.1) is 6.42 Å². The number of hydrogen-bond acceptors (Lipinski definition) is 1. The highest BCUT2D eigenvalue weighted by Crippen LogP contribution is 2.25. The minimum atomic E-state index is 0.491. The van der Waals surface area contributed by atoms with Gasteiger partial charge in [0.05, 0.1) is 0 Å². The molecule has 0 aliphatic rings. The van der Waals surface area contributed by atoms with Crippen LogP contribution in [0.1, 0.15) is 30.9 Å². The third-order valence-electron chi connectivity index (χ3n) is 3.59. The molecule has 1 heteroatoms. The van der Waals surface area contributed by atoms with Gasteiger partial charge in [-0.3, -0.25) is 0 Å². The Morgan fingerprint density at radius 2 is 1.80 bits per heavy atom. The smallest absolute Gasteiger partial charge is 0.0352 e. The average Bonchev–Trinajstić information content (AvgIpc) is 2.48. The van der Waals surface area contributed by atoms with E-state index in [0.717, 1.165) is 17.8 Å². The predicted octanol–water partition coefficient (Wildman–Crippen LogP) is 4.52. The molecule has 0 spiro atoms. The normalized spacial score (nSPS) is 11.9. The molecular weight excluding hydrogens is 242 g/mol. The van der Waals surface area contributed by atoms with E-state index >= 15 is 0 Å². The number of anilines is 1. The maximum Gasteiger partial charge on any atom is 0.0352 e. The van der Waals surface area contributed by atoms with Gasteiger partial charge in [0.15, 0.2) is 0 Å². The van der Waals surface area contributed by atoms with Gasteiger partial charge in [0, 0.05) is 23.7 Å². The number of nitrogens with one attached hydrogen (secondary N) is 1. The summed E-state index contributed by atoms with van der Waals surface area (Å²) in [6, 6.07) is 18.7. The Bertz CT molecular complexity index is 578. The van der Waals surface area contributed by atoms with Gasteiger partial charge in [-0.25, -0.2) is 0 Å². The van der Waals surface area contributed by atoms with E-state index in [1.54, 1.807) is 0 Å². The van der Waals surface area contributed by atoms with E-state index in [4.69, 9.17) is 6.42 Å². The molecule has 20 heavy (non-hydrogen) atoms. The van der Waals surface area contributed by atoms with Crippen molar-refractivity contribution in [2.24, 2.45) is 5.92 Å². The van der Waals surface area contributed by atoms with Crippen LogP contribution in [0.5, 0.6) is 0 Å². The average molecular weight is 263 g/mol. The van der Waals surface area contributed by atoms with E-state index < -0.39 is 0 Å². The lowest BCUT2D eigenvalue weighted by Gasteiger charge is -2.22. The molecule has 1 atom stereocenters. The van der Waals surface area contributed by atoms with Crippen molar-refractivity contribution >= 4 is 5.69 Å². The highest BCUT2D eigenvalue weighted by Gasteiger charge is 2.15. The quantitative estimate of drug-likeness (QED) is 0.782. The molecule has 0 saturated heterocycles. The van der Waals surface area contributed by atoms with E-state index in [1.807, 2.05) is 18.2 Å². The third-order valence-corrected chi connectivity index (χ3v) is 3.59. The predicted molar refractivity (Wildman–Crippen MR) is 86.9 cm³/mol. The first-order chi connectivity index (χ1) is 9.70. The van der Waals surface area contributed by atoms with Gasteiger partial charge in [-0.1, -0.05) is 56.2 Å². The van der Waals surface area contributed by atoms with Crippen molar-refractivity contribution < 1.29 is 0 Å². The van der Waals surface area contributed by atoms with Crippen LogP contribution in [0.25, 0.3) is 0 Å². The van der Waals surface area contributed by atoms with Crippen molar-refractivity contribution in [1.82, 2.24) is 0 Å². The second-order valence-corrected chi connectivity index (χ2v) is 5.37. The fraction of sp³-hybridized carbons (Fsp3) is 0.263. The lowest BCUT2D eigenvalue weighted by molar-refractivity contribution is 0.517. The highest BCUT2D eigenvalue weighted by molar-refractivity contribution is 5.50. The zero-order chi connectivity index (χ0) is 14.4. The summed E-state index contributed by atoms with van der Waals surface area (Å²) in [5.74, 6) is 3.74. The van der Waals surface area contributed by atoms with E-state index in [1.165, 1.54) is 5.56 Å². The number of rotatable bonds is 5. The molecule has 0 radical (unpaired) electrons. The lowest BCUT2D eigenvalue weighted by atomic mass is 9.88. The fourth-order valence-electron chi connectivity index (χ4n) is 2.39. The molecule has 0 fully saturated rings. The summed E-state index contributed by atoms with van der Waals surface area (Å²) in [4.78, 5) is 0. The summed E-state index contributed by atoms with van der Waals surface area (Å²) in [5, 5.41) is 3.50. The number of terminal acetylenes is 1. The van der Waals surface area contributed by atoms with Crippen molar-refractivity contribution in [2.45, 2.75) is 19.8 Å². The summed E-state index contributed by atoms with van der Waals surface area (Å²) in [6.45, 7) is 5.43. The molecule has 2 rings (SSSR count). The summed E-state index contributed by atoms with van der Waals surface area (Å²) in [5.41, 5.74) is 3.38. The van der Waals surface area contributed by atoms with E-state index in [-0.39, 0.29) is 0 Å². The molecule has 0 bridgehead atoms. The van der Waals surface area contributed by atoms with Crippen LogP contribution < -0.4 is 5.32 Å². The van der Waals surface area contributed by atoms with Crippen LogP contribution in [0.2, 0.25) is 0 Å². The first kappa shape index (κ1) is 14.2. The van der Waals surface area contributed by atoms with Crippen molar-refractivity contribution in [2.75, 3.05) is 11.9 Å². The third kappa shape index (κ3) is 3.65. The van der Waals surface area contributed by atoms with Gasteiger partial charge < -0.3 is 5.32 Å². The van der Waals surface area contributed by atoms with Crippen molar-refractivity contribution in [3.63, 3.8) is 0 Å². The van der Waals surface area contributed by atoms with Crippen molar-refractivity contribution in [1.29, 1.82) is 0 Å². The summed E-state index contributed by atoms with van der Waals surface area (Å²) in [7, 11) is 0. The van der Waals surface area contributed by atoms with Crippen LogP contribution in [0.4, 0.5) is 5.69 Å². The van der Waals surface area contributed by atoms with Crippen molar-refractivity contribution in [3.8, 4) is 12.3 Å². The number of hydrogen-bond donors (Lipinski definition) is 1. The Morgan fingerprint density at radius 3 is 2.45 bits per heavy atom. The highest BCUT2D eigenvalue weighted by atomic mass is 14.9. The molecule has 102 valence electrons. The molecule has 1 unspecified atom stereocenters. The van der Waals surface area contributed by atoms with Crippen LogP contribution in [0.15, 0.2) is 54.6 Å². The molecule has 0 aliphatic carbocycles. The summed E-state index contributed by atoms with van der Waals surface area (Å²) in [6.07, 6.45) is 5.44. The maximum absolute atomic E-state index is 5.44. The summed E-state index contributed by atoms with van der Waals surface area (Å²) < 4.78 is 0. The first-order valence-corrected chi connectivity index (χ1v) is 7.06. The van der Waals surface area contributed by atoms with Crippen LogP contribution in [0.3, 0.4) is 0 Å². The van der Waals surface area contributed by atoms with E-state index in [2.05, 4.69) is 61.5 Å². The molecule has 0 heterocycles. The first-order valence-electron chi connectivity index (χ1n) is 7.06. The minimum absolute atomic E-state index is 0.491. The van der Waals surface area contributed by atoms with E-state index in [9.17, 15) is 0 Å². The Hall–Kier alpha value is -2.20.